The van der Waals surface area contributed by atoms with E-state index in [0.29, 0.717) is 4.90 Å². The van der Waals surface area contributed by atoms with Crippen molar-refractivity contribution in [2.24, 2.45) is 0 Å². The summed E-state index contributed by atoms with van der Waals surface area (Å²) in [5.41, 5.74) is 4.67. The van der Waals surface area contributed by atoms with E-state index in [9.17, 15) is 8.42 Å². The molecule has 0 atom stereocenters. The molecule has 0 unspecified atom stereocenters. The van der Waals surface area contributed by atoms with E-state index in [1.807, 2.05) is 48.8 Å². The quantitative estimate of drug-likeness (QED) is 0.600. The Labute approximate surface area is 146 Å². The lowest BCUT2D eigenvalue weighted by atomic mass is 10.0. The van der Waals surface area contributed by atoms with E-state index in [0.717, 1.165) is 33.3 Å². The molecule has 0 bridgehead atoms. The van der Waals surface area contributed by atoms with Gasteiger partial charge in [-0.3, -0.25) is 0 Å². The van der Waals surface area contributed by atoms with Crippen molar-refractivity contribution < 1.29 is 8.42 Å². The van der Waals surface area contributed by atoms with Crippen LogP contribution in [0.1, 0.15) is 0 Å². The van der Waals surface area contributed by atoms with Gasteiger partial charge in [0.2, 0.25) is 0 Å². The summed E-state index contributed by atoms with van der Waals surface area (Å²) >= 11 is 0. The molecule has 0 saturated carbocycles. The van der Waals surface area contributed by atoms with Crippen LogP contribution >= 0.6 is 0 Å². The largest absolute Gasteiger partial charge is 0.346 e. The van der Waals surface area contributed by atoms with Crippen LogP contribution in [0.4, 0.5) is 0 Å². The molecule has 4 aromatic rings. The maximum atomic E-state index is 11.8. The molecule has 0 aliphatic carbocycles. The number of hydrogen-bond donors (Lipinski definition) is 1. The summed E-state index contributed by atoms with van der Waals surface area (Å²) in [5, 5.41) is 0.965. The minimum Gasteiger partial charge on any atom is -0.346 e. The normalized spacial score (nSPS) is 11.7. The van der Waals surface area contributed by atoms with Crippen LogP contribution in [0.3, 0.4) is 0 Å². The van der Waals surface area contributed by atoms with Gasteiger partial charge in [0.15, 0.2) is 9.84 Å². The molecule has 0 aliphatic rings. The zero-order valence-corrected chi connectivity index (χ0v) is 14.4. The topological polar surface area (TPSA) is 62.8 Å². The highest BCUT2D eigenvalue weighted by Gasteiger charge is 2.12. The van der Waals surface area contributed by atoms with Crippen LogP contribution < -0.4 is 0 Å². The van der Waals surface area contributed by atoms with E-state index in [4.69, 9.17) is 0 Å². The molecule has 0 spiro atoms. The average molecular weight is 348 g/mol. The summed E-state index contributed by atoms with van der Waals surface area (Å²) in [4.78, 5) is 7.98. The molecule has 0 aliphatic heterocycles. The average Bonchev–Trinajstić information content (AvgIpc) is 3.05. The first-order valence-electron chi connectivity index (χ1n) is 7.85. The number of fused-ring (bicyclic) bond motifs is 1. The Kier molecular flexibility index (Phi) is 3.66. The lowest BCUT2D eigenvalue weighted by Gasteiger charge is -2.05. The van der Waals surface area contributed by atoms with E-state index in [1.54, 1.807) is 18.2 Å². The summed E-state index contributed by atoms with van der Waals surface area (Å²) in [6, 6.07) is 19.1. The highest BCUT2D eigenvalue weighted by atomic mass is 32.2. The first-order chi connectivity index (χ1) is 12.0. The zero-order chi connectivity index (χ0) is 17.4. The Bertz CT molecular complexity index is 1160. The number of sulfone groups is 1. The third-order valence-corrected chi connectivity index (χ3v) is 5.32. The smallest absolute Gasteiger partial charge is 0.175 e. The second-order valence-corrected chi connectivity index (χ2v) is 8.00. The molecule has 4 nitrogen and oxygen atoms in total. The molecule has 5 heteroatoms. The van der Waals surface area contributed by atoms with Gasteiger partial charge in [-0.05, 0) is 29.3 Å². The number of aromatic nitrogens is 2. The van der Waals surface area contributed by atoms with Crippen molar-refractivity contribution in [3.63, 3.8) is 0 Å². The van der Waals surface area contributed by atoms with Crippen LogP contribution in [0.2, 0.25) is 0 Å². The van der Waals surface area contributed by atoms with Crippen molar-refractivity contribution in [3.05, 3.63) is 73.1 Å². The van der Waals surface area contributed by atoms with Gasteiger partial charge in [0.25, 0.3) is 0 Å². The molecule has 2 heterocycles. The van der Waals surface area contributed by atoms with Crippen LogP contribution in [-0.2, 0) is 9.84 Å². The molecular formula is C20H16N2O2S. The number of nitrogens with zero attached hydrogens (tertiary/aromatic N) is 1. The lowest BCUT2D eigenvalue weighted by Crippen LogP contribution is -1.96. The Hall–Kier alpha value is -2.92. The Morgan fingerprint density at radius 2 is 1.64 bits per heavy atom. The van der Waals surface area contributed by atoms with Crippen molar-refractivity contribution in [1.82, 2.24) is 9.97 Å². The summed E-state index contributed by atoms with van der Waals surface area (Å²) in [6.07, 6.45) is 4.93. The van der Waals surface area contributed by atoms with Crippen LogP contribution in [0.25, 0.3) is 33.3 Å². The van der Waals surface area contributed by atoms with E-state index in [2.05, 4.69) is 16.0 Å². The number of hydrogen-bond acceptors (Lipinski definition) is 3. The molecule has 0 radical (unpaired) electrons. The van der Waals surface area contributed by atoms with Gasteiger partial charge >= 0.3 is 0 Å². The minimum absolute atomic E-state index is 0.312. The van der Waals surface area contributed by atoms with Gasteiger partial charge in [0, 0.05) is 35.2 Å². The summed E-state index contributed by atoms with van der Waals surface area (Å²) in [5.74, 6) is 0. The second kappa shape index (κ2) is 5.86. The lowest BCUT2D eigenvalue weighted by molar-refractivity contribution is 0.602. The summed E-state index contributed by atoms with van der Waals surface area (Å²) < 4.78 is 23.7. The molecule has 1 N–H and O–H groups in total. The van der Waals surface area contributed by atoms with Crippen molar-refractivity contribution in [2.75, 3.05) is 6.26 Å². The summed E-state index contributed by atoms with van der Waals surface area (Å²) in [6.45, 7) is 0. The Balaban J connectivity index is 1.89. The predicted octanol–water partition coefficient (Wildman–Crippen LogP) is 4.30. The molecule has 124 valence electrons. The Morgan fingerprint density at radius 1 is 0.880 bits per heavy atom. The third-order valence-electron chi connectivity index (χ3n) is 4.21. The summed E-state index contributed by atoms with van der Waals surface area (Å²) in [7, 11) is -3.25. The molecule has 0 amide bonds. The zero-order valence-electron chi connectivity index (χ0n) is 13.6. The third kappa shape index (κ3) is 2.94. The van der Waals surface area contributed by atoms with E-state index >= 15 is 0 Å². The minimum atomic E-state index is -3.25. The van der Waals surface area contributed by atoms with Crippen molar-refractivity contribution in [1.29, 1.82) is 0 Å². The van der Waals surface area contributed by atoms with Crippen LogP contribution in [0.15, 0.2) is 78.0 Å². The van der Waals surface area contributed by atoms with Gasteiger partial charge < -0.3 is 4.98 Å². The van der Waals surface area contributed by atoms with Crippen molar-refractivity contribution in [2.45, 2.75) is 4.90 Å². The van der Waals surface area contributed by atoms with Gasteiger partial charge in [-0.2, -0.15) is 0 Å². The van der Waals surface area contributed by atoms with E-state index in [-0.39, 0.29) is 0 Å². The molecule has 4 rings (SSSR count). The maximum Gasteiger partial charge on any atom is 0.175 e. The first-order valence-corrected chi connectivity index (χ1v) is 9.74. The highest BCUT2D eigenvalue weighted by molar-refractivity contribution is 7.90. The Morgan fingerprint density at radius 3 is 2.40 bits per heavy atom. The molecule has 2 aromatic heterocycles. The fourth-order valence-electron chi connectivity index (χ4n) is 2.92. The predicted molar refractivity (Wildman–Crippen MR) is 100 cm³/mol. The molecule has 25 heavy (non-hydrogen) atoms. The fraction of sp³-hybridized carbons (Fsp3) is 0.0500. The highest BCUT2D eigenvalue weighted by Crippen LogP contribution is 2.31. The molecule has 2 aromatic carbocycles. The van der Waals surface area contributed by atoms with Crippen LogP contribution in [0.5, 0.6) is 0 Å². The van der Waals surface area contributed by atoms with Crippen molar-refractivity contribution >= 4 is 20.9 Å². The van der Waals surface area contributed by atoms with Crippen molar-refractivity contribution in [3.8, 4) is 22.3 Å². The first kappa shape index (κ1) is 15.6. The number of H-pyrrole nitrogens is 1. The van der Waals surface area contributed by atoms with Gasteiger partial charge in [-0.25, -0.2) is 13.4 Å². The number of rotatable bonds is 3. The monoisotopic (exact) mass is 348 g/mol. The van der Waals surface area contributed by atoms with Crippen LogP contribution in [-0.4, -0.2) is 24.6 Å². The van der Waals surface area contributed by atoms with Gasteiger partial charge in [0.1, 0.15) is 5.65 Å². The van der Waals surface area contributed by atoms with Gasteiger partial charge in [0.05, 0.1) is 4.90 Å². The number of pyridine rings is 1. The molecule has 0 fully saturated rings. The molecular weight excluding hydrogens is 332 g/mol. The standard InChI is InChI=1S/C20H16N2O2S/c1-25(23,24)17-9-5-8-15(10-17)19-13-22-20-18(19)11-16(12-21-20)14-6-3-2-4-7-14/h2-13H,1H3,(H,21,22). The van der Waals surface area contributed by atoms with E-state index < -0.39 is 9.84 Å². The molecule has 0 saturated heterocycles. The van der Waals surface area contributed by atoms with Crippen LogP contribution in [0, 0.1) is 0 Å². The SMILES string of the molecule is CS(=O)(=O)c1cccc(-c2c[nH]c3ncc(-c4ccccc4)cc23)c1. The fourth-order valence-corrected chi connectivity index (χ4v) is 3.59. The number of aromatic amines is 1. The van der Waals surface area contributed by atoms with Gasteiger partial charge in [-0.1, -0.05) is 42.5 Å². The maximum absolute atomic E-state index is 11.8. The number of nitrogens with one attached hydrogen (secondary N) is 1. The van der Waals surface area contributed by atoms with E-state index in [1.165, 1.54) is 6.26 Å². The van der Waals surface area contributed by atoms with Gasteiger partial charge in [-0.15, -0.1) is 0 Å². The number of benzene rings is 2. The second-order valence-electron chi connectivity index (χ2n) is 5.99.